The van der Waals surface area contributed by atoms with Gasteiger partial charge in [0, 0.05) is 17.4 Å². The third-order valence-corrected chi connectivity index (χ3v) is 3.76. The fraction of sp³-hybridized carbons (Fsp3) is 0.0714. The maximum absolute atomic E-state index is 10.8. The van der Waals surface area contributed by atoms with Crippen molar-refractivity contribution in [1.82, 2.24) is 19.7 Å². The van der Waals surface area contributed by atoms with Crippen LogP contribution in [0.4, 0.5) is 17.2 Å². The molecule has 0 bridgehead atoms. The van der Waals surface area contributed by atoms with E-state index in [1.165, 1.54) is 10.9 Å². The van der Waals surface area contributed by atoms with Gasteiger partial charge in [-0.15, -0.1) is 0 Å². The van der Waals surface area contributed by atoms with Crippen LogP contribution in [-0.4, -0.2) is 24.7 Å². The molecule has 0 saturated heterocycles. The van der Waals surface area contributed by atoms with Crippen molar-refractivity contribution in [3.05, 3.63) is 62.5 Å². The number of hydrogen-bond acceptors (Lipinski definition) is 6. The van der Waals surface area contributed by atoms with E-state index in [1.807, 2.05) is 0 Å². The number of nitrogens with one attached hydrogen (secondary N) is 1. The molecule has 3 rings (SSSR count). The highest BCUT2D eigenvalue weighted by atomic mass is 35.5. The van der Waals surface area contributed by atoms with E-state index in [1.54, 1.807) is 31.2 Å². The lowest BCUT2D eigenvalue weighted by atomic mass is 10.3. The third-order valence-electron chi connectivity index (χ3n) is 3.02. The van der Waals surface area contributed by atoms with Crippen LogP contribution in [0.1, 0.15) is 5.69 Å². The molecule has 1 N–H and O–H groups in total. The van der Waals surface area contributed by atoms with E-state index >= 15 is 0 Å². The molecule has 24 heavy (non-hydrogen) atoms. The quantitative estimate of drug-likeness (QED) is 0.556. The summed E-state index contributed by atoms with van der Waals surface area (Å²) >= 11 is 11.9. The number of aromatic nitrogens is 4. The van der Waals surface area contributed by atoms with Gasteiger partial charge in [-0.25, -0.2) is 4.98 Å². The fourth-order valence-corrected chi connectivity index (χ4v) is 2.26. The summed E-state index contributed by atoms with van der Waals surface area (Å²) in [4.78, 5) is 18.8. The van der Waals surface area contributed by atoms with Crippen LogP contribution >= 0.6 is 23.2 Å². The van der Waals surface area contributed by atoms with Crippen LogP contribution in [-0.2, 0) is 0 Å². The predicted octanol–water partition coefficient (Wildman–Crippen LogP) is 3.93. The molecule has 10 heteroatoms. The normalized spacial score (nSPS) is 10.6. The predicted molar refractivity (Wildman–Crippen MR) is 90.3 cm³/mol. The molecule has 0 aliphatic heterocycles. The highest BCUT2D eigenvalue weighted by molar-refractivity contribution is 6.42. The van der Waals surface area contributed by atoms with E-state index in [9.17, 15) is 10.1 Å². The van der Waals surface area contributed by atoms with Gasteiger partial charge in [0.15, 0.2) is 0 Å². The molecule has 2 heterocycles. The van der Waals surface area contributed by atoms with Crippen molar-refractivity contribution >= 4 is 40.4 Å². The summed E-state index contributed by atoms with van der Waals surface area (Å²) in [6, 6.07) is 6.81. The zero-order valence-electron chi connectivity index (χ0n) is 12.3. The SMILES string of the molecule is Cc1cc(Nc2ccc(Cl)c(Cl)c2)nc(-n2cc([N+](=O)[O-])cn2)n1. The molecule has 0 radical (unpaired) electrons. The van der Waals surface area contributed by atoms with E-state index < -0.39 is 4.92 Å². The topological polar surface area (TPSA) is 98.8 Å². The summed E-state index contributed by atoms with van der Waals surface area (Å²) < 4.78 is 1.24. The van der Waals surface area contributed by atoms with Crippen LogP contribution in [0.2, 0.25) is 10.0 Å². The summed E-state index contributed by atoms with van der Waals surface area (Å²) in [5, 5.41) is 18.6. The lowest BCUT2D eigenvalue weighted by molar-refractivity contribution is -0.384. The molecule has 0 aliphatic rings. The average Bonchev–Trinajstić information content (AvgIpc) is 3.01. The highest BCUT2D eigenvalue weighted by Crippen LogP contribution is 2.26. The molecule has 0 atom stereocenters. The maximum Gasteiger partial charge on any atom is 0.307 e. The number of halogens is 2. The van der Waals surface area contributed by atoms with E-state index in [0.717, 1.165) is 6.20 Å². The van der Waals surface area contributed by atoms with E-state index in [2.05, 4.69) is 20.4 Å². The molecular formula is C14H10Cl2N6O2. The van der Waals surface area contributed by atoms with Crippen molar-refractivity contribution in [3.8, 4) is 5.95 Å². The van der Waals surface area contributed by atoms with Gasteiger partial charge >= 0.3 is 5.69 Å². The van der Waals surface area contributed by atoms with Crippen molar-refractivity contribution in [2.45, 2.75) is 6.92 Å². The van der Waals surface area contributed by atoms with Crippen LogP contribution in [0.5, 0.6) is 0 Å². The molecule has 2 aromatic heterocycles. The first-order chi connectivity index (χ1) is 11.4. The number of nitro groups is 1. The number of benzene rings is 1. The minimum atomic E-state index is -0.534. The van der Waals surface area contributed by atoms with Crippen molar-refractivity contribution in [3.63, 3.8) is 0 Å². The molecule has 0 saturated carbocycles. The molecule has 0 unspecified atom stereocenters. The number of rotatable bonds is 4. The Morgan fingerprint density at radius 2 is 2.00 bits per heavy atom. The van der Waals surface area contributed by atoms with Crippen molar-refractivity contribution < 1.29 is 4.92 Å². The smallest absolute Gasteiger partial charge is 0.307 e. The maximum atomic E-state index is 10.8. The summed E-state index contributed by atoms with van der Waals surface area (Å²) in [6.07, 6.45) is 2.38. The minimum absolute atomic E-state index is 0.140. The first-order valence-electron chi connectivity index (χ1n) is 6.69. The van der Waals surface area contributed by atoms with Gasteiger partial charge in [0.2, 0.25) is 0 Å². The van der Waals surface area contributed by atoms with Crippen LogP contribution in [0.3, 0.4) is 0 Å². The zero-order valence-corrected chi connectivity index (χ0v) is 13.8. The van der Waals surface area contributed by atoms with Crippen LogP contribution in [0, 0.1) is 17.0 Å². The lowest BCUT2D eigenvalue weighted by Crippen LogP contribution is -2.05. The Balaban J connectivity index is 1.93. The highest BCUT2D eigenvalue weighted by Gasteiger charge is 2.13. The number of nitrogens with zero attached hydrogens (tertiary/aromatic N) is 5. The van der Waals surface area contributed by atoms with Crippen LogP contribution < -0.4 is 5.32 Å². The monoisotopic (exact) mass is 364 g/mol. The minimum Gasteiger partial charge on any atom is -0.340 e. The zero-order chi connectivity index (χ0) is 17.3. The molecular weight excluding hydrogens is 355 g/mol. The van der Waals surface area contributed by atoms with Crippen LogP contribution in [0.15, 0.2) is 36.7 Å². The first-order valence-corrected chi connectivity index (χ1v) is 7.45. The Hall–Kier alpha value is -2.71. The number of anilines is 2. The Labute approximate surface area is 146 Å². The molecule has 1 aromatic carbocycles. The second kappa shape index (κ2) is 6.42. The molecule has 0 aliphatic carbocycles. The van der Waals surface area contributed by atoms with Gasteiger partial charge in [-0.2, -0.15) is 14.8 Å². The van der Waals surface area contributed by atoms with E-state index in [-0.39, 0.29) is 11.6 Å². The van der Waals surface area contributed by atoms with Gasteiger partial charge < -0.3 is 5.32 Å². The Kier molecular flexibility index (Phi) is 4.32. The van der Waals surface area contributed by atoms with Gasteiger partial charge in [-0.3, -0.25) is 10.1 Å². The van der Waals surface area contributed by atoms with E-state index in [4.69, 9.17) is 23.2 Å². The third kappa shape index (κ3) is 3.44. The van der Waals surface area contributed by atoms with Gasteiger partial charge in [0.25, 0.3) is 5.95 Å². The second-order valence-electron chi connectivity index (χ2n) is 4.85. The molecule has 8 nitrogen and oxygen atoms in total. The summed E-state index contributed by atoms with van der Waals surface area (Å²) in [6.45, 7) is 1.78. The Morgan fingerprint density at radius 3 is 2.67 bits per heavy atom. The fourth-order valence-electron chi connectivity index (χ4n) is 1.96. The molecule has 3 aromatic rings. The molecule has 122 valence electrons. The van der Waals surface area contributed by atoms with Gasteiger partial charge in [-0.1, -0.05) is 23.2 Å². The van der Waals surface area contributed by atoms with Crippen molar-refractivity contribution in [2.24, 2.45) is 0 Å². The van der Waals surface area contributed by atoms with Gasteiger partial charge in [-0.05, 0) is 25.1 Å². The van der Waals surface area contributed by atoms with Crippen molar-refractivity contribution in [2.75, 3.05) is 5.32 Å². The van der Waals surface area contributed by atoms with Crippen molar-refractivity contribution in [1.29, 1.82) is 0 Å². The van der Waals surface area contributed by atoms with Gasteiger partial charge in [0.05, 0.1) is 15.0 Å². The summed E-state index contributed by atoms with van der Waals surface area (Å²) in [5.74, 6) is 0.708. The number of aryl methyl sites for hydroxylation is 1. The van der Waals surface area contributed by atoms with Gasteiger partial charge in [0.1, 0.15) is 18.2 Å². The Bertz CT molecular complexity index is 927. The molecule has 0 amide bonds. The largest absolute Gasteiger partial charge is 0.340 e. The first kappa shape index (κ1) is 16.2. The molecule has 0 spiro atoms. The van der Waals surface area contributed by atoms with E-state index in [0.29, 0.717) is 27.2 Å². The summed E-state index contributed by atoms with van der Waals surface area (Å²) in [5.41, 5.74) is 1.22. The second-order valence-corrected chi connectivity index (χ2v) is 5.66. The number of hydrogen-bond donors (Lipinski definition) is 1. The Morgan fingerprint density at radius 1 is 1.21 bits per heavy atom. The lowest BCUT2D eigenvalue weighted by Gasteiger charge is -2.09. The molecule has 0 fully saturated rings. The average molecular weight is 365 g/mol. The standard InChI is InChI=1S/C14H10Cl2N6O2/c1-8-4-13(19-9-2-3-11(15)12(16)5-9)20-14(18-8)21-7-10(6-17-21)22(23)24/h2-7H,1H3,(H,18,19,20). The van der Waals surface area contributed by atoms with Crippen LogP contribution in [0.25, 0.3) is 5.95 Å². The summed E-state index contributed by atoms with van der Waals surface area (Å²) in [7, 11) is 0.